The Morgan fingerprint density at radius 1 is 0.880 bits per heavy atom. The molecule has 0 fully saturated rings. The zero-order chi connectivity index (χ0) is 17.5. The molecule has 0 bridgehead atoms. The van der Waals surface area contributed by atoms with E-state index in [1.807, 2.05) is 60.8 Å². The SMILES string of the molecule is C/C(=N\N=C(/N)[O][Sb]([c]1ccccc1)[c]1ccccc1)c1cccs1. The van der Waals surface area contributed by atoms with E-state index in [1.165, 1.54) is 7.02 Å². The molecule has 126 valence electrons. The van der Waals surface area contributed by atoms with Crippen molar-refractivity contribution in [2.45, 2.75) is 6.92 Å². The van der Waals surface area contributed by atoms with Crippen LogP contribution in [0.3, 0.4) is 0 Å². The second-order valence-electron chi connectivity index (χ2n) is 5.16. The molecule has 1 aromatic heterocycles. The monoisotopic (exact) mass is 457 g/mol. The maximum absolute atomic E-state index is 6.10. The summed E-state index contributed by atoms with van der Waals surface area (Å²) in [5, 5.41) is 10.3. The van der Waals surface area contributed by atoms with E-state index in [1.54, 1.807) is 11.3 Å². The van der Waals surface area contributed by atoms with Gasteiger partial charge in [0.1, 0.15) is 0 Å². The minimum atomic E-state index is -2.48. The summed E-state index contributed by atoms with van der Waals surface area (Å²) in [6.07, 6.45) is 0. The van der Waals surface area contributed by atoms with E-state index in [4.69, 9.17) is 8.75 Å². The van der Waals surface area contributed by atoms with Crippen molar-refractivity contribution in [3.63, 3.8) is 0 Å². The number of benzene rings is 2. The van der Waals surface area contributed by atoms with Gasteiger partial charge in [0, 0.05) is 0 Å². The first-order chi connectivity index (χ1) is 12.2. The quantitative estimate of drug-likeness (QED) is 0.277. The fraction of sp³-hybridized carbons (Fsp3) is 0.0526. The summed E-state index contributed by atoms with van der Waals surface area (Å²) < 4.78 is 8.48. The van der Waals surface area contributed by atoms with Gasteiger partial charge < -0.3 is 0 Å². The normalized spacial score (nSPS) is 12.4. The Kier molecular flexibility index (Phi) is 6.26. The summed E-state index contributed by atoms with van der Waals surface area (Å²) in [4.78, 5) is 1.07. The Labute approximate surface area is 159 Å². The van der Waals surface area contributed by atoms with E-state index in [9.17, 15) is 0 Å². The molecule has 1 heterocycles. The summed E-state index contributed by atoms with van der Waals surface area (Å²) in [6, 6.07) is 24.5. The molecule has 0 atom stereocenters. The number of thiophene rings is 1. The molecule has 0 saturated heterocycles. The first-order valence-electron chi connectivity index (χ1n) is 7.74. The third kappa shape index (κ3) is 4.94. The molecule has 0 spiro atoms. The van der Waals surface area contributed by atoms with E-state index >= 15 is 0 Å². The molecule has 0 aliphatic rings. The first-order valence-corrected chi connectivity index (χ1v) is 12.2. The van der Waals surface area contributed by atoms with Gasteiger partial charge >= 0.3 is 160 Å². The van der Waals surface area contributed by atoms with Crippen LogP contribution in [0, 0.1) is 0 Å². The Morgan fingerprint density at radius 3 is 2.00 bits per heavy atom. The van der Waals surface area contributed by atoms with Crippen molar-refractivity contribution in [2.75, 3.05) is 0 Å². The van der Waals surface area contributed by atoms with Crippen LogP contribution in [0.15, 0.2) is 88.4 Å². The van der Waals surface area contributed by atoms with Crippen LogP contribution in [-0.2, 0) is 3.02 Å². The summed E-state index contributed by atoms with van der Waals surface area (Å²) in [5.41, 5.74) is 6.84. The van der Waals surface area contributed by atoms with E-state index in [0.717, 1.165) is 10.6 Å². The summed E-state index contributed by atoms with van der Waals surface area (Å²) >= 11 is -0.855. The van der Waals surface area contributed by atoms with Crippen molar-refractivity contribution in [2.24, 2.45) is 15.9 Å². The first kappa shape index (κ1) is 17.7. The topological polar surface area (TPSA) is 60.0 Å². The fourth-order valence-corrected chi connectivity index (χ4v) is 7.44. The van der Waals surface area contributed by atoms with Crippen LogP contribution >= 0.6 is 11.3 Å². The van der Waals surface area contributed by atoms with E-state index in [-0.39, 0.29) is 6.02 Å². The standard InChI is InChI=1S/C7H9N3OS.2C6H5.Sb/c1-5(9-10-7(8)11)6-3-2-4-12-6;2*1-2-4-6-5-3-1;/h2-4H,1H3,(H3,8,10,11);2*1-5H;/q;;;+1/p-1/b9-5+;;;. The van der Waals surface area contributed by atoms with Crippen LogP contribution in [0.2, 0.25) is 0 Å². The molecular weight excluding hydrogens is 440 g/mol. The van der Waals surface area contributed by atoms with Gasteiger partial charge in [0.25, 0.3) is 0 Å². The number of nitrogens with two attached hydrogens (primary N) is 1. The van der Waals surface area contributed by atoms with Gasteiger partial charge in [-0.25, -0.2) is 0 Å². The Hall–Kier alpha value is -2.10. The van der Waals surface area contributed by atoms with Gasteiger partial charge in [-0.15, -0.1) is 0 Å². The molecule has 3 aromatic rings. The summed E-state index contributed by atoms with van der Waals surface area (Å²) in [5.74, 6) is 0. The van der Waals surface area contributed by atoms with E-state index < -0.39 is 20.6 Å². The van der Waals surface area contributed by atoms with Gasteiger partial charge in [0.15, 0.2) is 0 Å². The van der Waals surface area contributed by atoms with Gasteiger partial charge in [-0.2, -0.15) is 0 Å². The zero-order valence-electron chi connectivity index (χ0n) is 13.7. The van der Waals surface area contributed by atoms with Crippen molar-refractivity contribution >= 4 is 50.7 Å². The fourth-order valence-electron chi connectivity index (χ4n) is 2.15. The van der Waals surface area contributed by atoms with Crippen molar-refractivity contribution in [3.8, 4) is 0 Å². The molecule has 25 heavy (non-hydrogen) atoms. The Bertz CT molecular complexity index is 809. The number of hydrogen-bond acceptors (Lipinski definition) is 4. The van der Waals surface area contributed by atoms with Gasteiger partial charge in [-0.05, 0) is 0 Å². The van der Waals surface area contributed by atoms with Crippen molar-refractivity contribution in [3.05, 3.63) is 83.1 Å². The molecular formula is C19H18N3OSSb. The molecule has 6 heteroatoms. The Morgan fingerprint density at radius 2 is 1.48 bits per heavy atom. The van der Waals surface area contributed by atoms with Crippen molar-refractivity contribution < 1.29 is 3.02 Å². The van der Waals surface area contributed by atoms with E-state index in [2.05, 4.69) is 34.5 Å². The predicted molar refractivity (Wildman–Crippen MR) is 107 cm³/mol. The molecule has 2 aromatic carbocycles. The van der Waals surface area contributed by atoms with Crippen LogP contribution in [0.25, 0.3) is 0 Å². The maximum atomic E-state index is 6.10. The van der Waals surface area contributed by atoms with Crippen molar-refractivity contribution in [1.82, 2.24) is 0 Å². The average molecular weight is 458 g/mol. The number of hydrogen-bond donors (Lipinski definition) is 1. The number of nitrogens with zero attached hydrogens (tertiary/aromatic N) is 2. The molecule has 0 amide bonds. The van der Waals surface area contributed by atoms with Gasteiger partial charge in [0.2, 0.25) is 0 Å². The van der Waals surface area contributed by atoms with Crippen molar-refractivity contribution in [1.29, 1.82) is 0 Å². The minimum absolute atomic E-state index is 0.117. The molecule has 2 N–H and O–H groups in total. The summed E-state index contributed by atoms with van der Waals surface area (Å²) in [6.45, 7) is 1.91. The Balaban J connectivity index is 1.83. The van der Waals surface area contributed by atoms with Gasteiger partial charge in [-0.3, -0.25) is 0 Å². The van der Waals surface area contributed by atoms with Gasteiger partial charge in [0.05, 0.1) is 0 Å². The molecule has 4 nitrogen and oxygen atoms in total. The zero-order valence-corrected chi connectivity index (χ0v) is 17.1. The average Bonchev–Trinajstić information content (AvgIpc) is 3.20. The van der Waals surface area contributed by atoms with Crippen LogP contribution in [-0.4, -0.2) is 32.4 Å². The molecule has 0 aliphatic heterocycles. The molecule has 0 radical (unpaired) electrons. The van der Waals surface area contributed by atoms with Crippen LogP contribution in [0.5, 0.6) is 0 Å². The predicted octanol–water partition coefficient (Wildman–Crippen LogP) is 2.61. The number of rotatable bonds is 5. The van der Waals surface area contributed by atoms with Gasteiger partial charge in [-0.1, -0.05) is 0 Å². The molecule has 0 saturated carbocycles. The molecule has 0 aliphatic carbocycles. The second kappa shape index (κ2) is 8.84. The third-order valence-electron chi connectivity index (χ3n) is 3.34. The molecule has 3 rings (SSSR count). The van der Waals surface area contributed by atoms with Crippen LogP contribution in [0.1, 0.15) is 11.8 Å². The molecule has 0 unspecified atom stereocenters. The number of amidine groups is 1. The van der Waals surface area contributed by atoms with E-state index in [0.29, 0.717) is 0 Å². The third-order valence-corrected chi connectivity index (χ3v) is 9.76. The van der Waals surface area contributed by atoms with Crippen LogP contribution in [0.4, 0.5) is 0 Å². The van der Waals surface area contributed by atoms with Crippen LogP contribution < -0.4 is 12.8 Å². The summed E-state index contributed by atoms with van der Waals surface area (Å²) in [7, 11) is 0. The second-order valence-corrected chi connectivity index (χ2v) is 11.3.